The van der Waals surface area contributed by atoms with Gasteiger partial charge in [-0.1, -0.05) is 6.07 Å². The quantitative estimate of drug-likeness (QED) is 0.816. The van der Waals surface area contributed by atoms with E-state index in [9.17, 15) is 0 Å². The Balaban J connectivity index is 2.24. The summed E-state index contributed by atoms with van der Waals surface area (Å²) in [5.74, 6) is 0.883. The Hall–Kier alpha value is -1.62. The largest absolute Gasteiger partial charge is 0.377 e. The molecule has 0 saturated heterocycles. The molecule has 5 nitrogen and oxygen atoms in total. The highest BCUT2D eigenvalue weighted by Crippen LogP contribution is 2.27. The van der Waals surface area contributed by atoms with Crippen LogP contribution in [0.2, 0.25) is 0 Å². The Labute approximate surface area is 95.1 Å². The molecule has 0 spiro atoms. The van der Waals surface area contributed by atoms with E-state index in [1.54, 1.807) is 13.3 Å². The molecule has 1 unspecified atom stereocenters. The third-order valence-electron chi connectivity index (χ3n) is 2.96. The SMILES string of the molecule is COCC1=NNC(C)(c2cccnc2)N1C. The normalized spacial score (nSPS) is 24.2. The molecule has 1 aromatic heterocycles. The summed E-state index contributed by atoms with van der Waals surface area (Å²) >= 11 is 0. The van der Waals surface area contributed by atoms with E-state index in [1.165, 1.54) is 0 Å². The van der Waals surface area contributed by atoms with Gasteiger partial charge < -0.3 is 9.64 Å². The number of ether oxygens (including phenoxy) is 1. The van der Waals surface area contributed by atoms with Crippen LogP contribution in [0.4, 0.5) is 0 Å². The van der Waals surface area contributed by atoms with Gasteiger partial charge in [0.15, 0.2) is 11.5 Å². The van der Waals surface area contributed by atoms with Crippen molar-refractivity contribution in [2.75, 3.05) is 20.8 Å². The molecule has 1 N–H and O–H groups in total. The summed E-state index contributed by atoms with van der Waals surface area (Å²) in [6, 6.07) is 3.95. The lowest BCUT2D eigenvalue weighted by Gasteiger charge is -2.33. The zero-order valence-corrected chi connectivity index (χ0v) is 9.77. The second-order valence-corrected chi connectivity index (χ2v) is 3.95. The fourth-order valence-electron chi connectivity index (χ4n) is 1.75. The number of methoxy groups -OCH3 is 1. The van der Waals surface area contributed by atoms with Gasteiger partial charge >= 0.3 is 0 Å². The number of hydrogen-bond acceptors (Lipinski definition) is 5. The van der Waals surface area contributed by atoms with Crippen LogP contribution in [0.15, 0.2) is 29.6 Å². The third-order valence-corrected chi connectivity index (χ3v) is 2.96. The number of pyridine rings is 1. The second-order valence-electron chi connectivity index (χ2n) is 3.95. The Morgan fingerprint density at radius 3 is 3.00 bits per heavy atom. The van der Waals surface area contributed by atoms with E-state index in [0.717, 1.165) is 11.4 Å². The highest BCUT2D eigenvalue weighted by atomic mass is 16.5. The summed E-state index contributed by atoms with van der Waals surface area (Å²) in [6.45, 7) is 2.57. The highest BCUT2D eigenvalue weighted by Gasteiger charge is 2.37. The first kappa shape index (κ1) is 10.9. The van der Waals surface area contributed by atoms with Crippen molar-refractivity contribution in [2.45, 2.75) is 12.6 Å². The first-order valence-electron chi connectivity index (χ1n) is 5.15. The van der Waals surface area contributed by atoms with Gasteiger partial charge in [0.1, 0.15) is 6.61 Å². The minimum atomic E-state index is -0.345. The highest BCUT2D eigenvalue weighted by molar-refractivity contribution is 5.85. The number of hydrogen-bond donors (Lipinski definition) is 1. The molecular formula is C11H16N4O. The fraction of sp³-hybridized carbons (Fsp3) is 0.455. The first-order chi connectivity index (χ1) is 7.68. The monoisotopic (exact) mass is 220 g/mol. The smallest absolute Gasteiger partial charge is 0.152 e. The van der Waals surface area contributed by atoms with E-state index in [-0.39, 0.29) is 5.66 Å². The van der Waals surface area contributed by atoms with Crippen LogP contribution in [0, 0.1) is 0 Å². The fourth-order valence-corrected chi connectivity index (χ4v) is 1.75. The molecule has 1 aromatic rings. The Bertz CT molecular complexity index is 392. The number of aromatic nitrogens is 1. The molecule has 5 heteroatoms. The van der Waals surface area contributed by atoms with Gasteiger partial charge in [0.25, 0.3) is 0 Å². The van der Waals surface area contributed by atoms with E-state index in [2.05, 4.69) is 27.3 Å². The van der Waals surface area contributed by atoms with E-state index >= 15 is 0 Å². The summed E-state index contributed by atoms with van der Waals surface area (Å²) in [5, 5.41) is 4.28. The van der Waals surface area contributed by atoms with Gasteiger partial charge in [-0.3, -0.25) is 10.4 Å². The molecular weight excluding hydrogens is 204 g/mol. The van der Waals surface area contributed by atoms with Gasteiger partial charge in [0.2, 0.25) is 0 Å². The lowest BCUT2D eigenvalue weighted by Crippen LogP contribution is -2.47. The second kappa shape index (κ2) is 4.09. The van der Waals surface area contributed by atoms with Crippen molar-refractivity contribution >= 4 is 5.84 Å². The topological polar surface area (TPSA) is 49.8 Å². The van der Waals surface area contributed by atoms with Crippen LogP contribution in [0.5, 0.6) is 0 Å². The summed E-state index contributed by atoms with van der Waals surface area (Å²) in [4.78, 5) is 6.19. The summed E-state index contributed by atoms with van der Waals surface area (Å²) < 4.78 is 5.10. The van der Waals surface area contributed by atoms with Crippen LogP contribution < -0.4 is 5.43 Å². The molecule has 0 bridgehead atoms. The van der Waals surface area contributed by atoms with Crippen molar-refractivity contribution in [1.29, 1.82) is 0 Å². The molecule has 1 aliphatic rings. The predicted octanol–water partition coefficient (Wildman–Crippen LogP) is 0.749. The van der Waals surface area contributed by atoms with Crippen LogP contribution in [-0.4, -0.2) is 36.5 Å². The van der Waals surface area contributed by atoms with Gasteiger partial charge in [-0.05, 0) is 13.0 Å². The van der Waals surface area contributed by atoms with E-state index in [4.69, 9.17) is 4.74 Å². The summed E-state index contributed by atoms with van der Waals surface area (Å²) in [5.41, 5.74) is 3.86. The minimum absolute atomic E-state index is 0.345. The Morgan fingerprint density at radius 1 is 1.56 bits per heavy atom. The molecule has 1 aliphatic heterocycles. The number of nitrogens with one attached hydrogen (secondary N) is 1. The molecule has 0 aliphatic carbocycles. The van der Waals surface area contributed by atoms with Crippen molar-refractivity contribution in [1.82, 2.24) is 15.3 Å². The van der Waals surface area contributed by atoms with Crippen molar-refractivity contribution in [3.05, 3.63) is 30.1 Å². The van der Waals surface area contributed by atoms with E-state index < -0.39 is 0 Å². The standard InChI is InChI=1S/C11H16N4O/c1-11(9-5-4-6-12-7-9)14-13-10(8-16-3)15(11)2/h4-7,14H,8H2,1-3H3. The molecule has 0 saturated carbocycles. The van der Waals surface area contributed by atoms with Crippen molar-refractivity contribution in [2.24, 2.45) is 5.10 Å². The molecule has 2 heterocycles. The molecule has 2 rings (SSSR count). The van der Waals surface area contributed by atoms with Crippen LogP contribution in [0.3, 0.4) is 0 Å². The number of amidine groups is 1. The maximum Gasteiger partial charge on any atom is 0.152 e. The molecule has 0 amide bonds. The van der Waals surface area contributed by atoms with Crippen LogP contribution in [0.25, 0.3) is 0 Å². The minimum Gasteiger partial charge on any atom is -0.377 e. The molecule has 16 heavy (non-hydrogen) atoms. The Kier molecular flexibility index (Phi) is 2.78. The van der Waals surface area contributed by atoms with E-state index in [1.807, 2.05) is 25.4 Å². The van der Waals surface area contributed by atoms with Crippen molar-refractivity contribution in [3.63, 3.8) is 0 Å². The van der Waals surface area contributed by atoms with E-state index in [0.29, 0.717) is 6.61 Å². The Morgan fingerprint density at radius 2 is 2.38 bits per heavy atom. The van der Waals surface area contributed by atoms with Crippen LogP contribution in [0.1, 0.15) is 12.5 Å². The maximum absolute atomic E-state index is 5.10. The van der Waals surface area contributed by atoms with Gasteiger partial charge in [-0.25, -0.2) is 0 Å². The molecule has 86 valence electrons. The lowest BCUT2D eigenvalue weighted by atomic mass is 10.0. The average Bonchev–Trinajstić information content (AvgIpc) is 2.61. The van der Waals surface area contributed by atoms with Crippen LogP contribution >= 0.6 is 0 Å². The number of rotatable bonds is 3. The first-order valence-corrected chi connectivity index (χ1v) is 5.15. The number of hydrazone groups is 1. The van der Waals surface area contributed by atoms with Gasteiger partial charge in [0, 0.05) is 32.1 Å². The molecule has 0 aromatic carbocycles. The van der Waals surface area contributed by atoms with Gasteiger partial charge in [0.05, 0.1) is 0 Å². The molecule has 0 radical (unpaired) electrons. The molecule has 0 fully saturated rings. The third kappa shape index (κ3) is 1.63. The zero-order valence-electron chi connectivity index (χ0n) is 9.77. The van der Waals surface area contributed by atoms with Crippen molar-refractivity contribution < 1.29 is 4.74 Å². The number of likely N-dealkylation sites (N-methyl/N-ethyl adjacent to an activating group) is 1. The summed E-state index contributed by atoms with van der Waals surface area (Å²) in [7, 11) is 3.65. The maximum atomic E-state index is 5.10. The van der Waals surface area contributed by atoms with Crippen molar-refractivity contribution in [3.8, 4) is 0 Å². The lowest BCUT2D eigenvalue weighted by molar-refractivity contribution is 0.188. The average molecular weight is 220 g/mol. The summed E-state index contributed by atoms with van der Waals surface area (Å²) in [6.07, 6.45) is 3.60. The zero-order chi connectivity index (χ0) is 11.6. The van der Waals surface area contributed by atoms with Crippen LogP contribution in [-0.2, 0) is 10.4 Å². The van der Waals surface area contributed by atoms with Gasteiger partial charge in [-0.15, -0.1) is 0 Å². The molecule has 1 atom stereocenters. The van der Waals surface area contributed by atoms with Gasteiger partial charge in [-0.2, -0.15) is 5.10 Å². The number of nitrogens with zero attached hydrogens (tertiary/aromatic N) is 3. The predicted molar refractivity (Wildman–Crippen MR) is 61.8 cm³/mol.